The van der Waals surface area contributed by atoms with Gasteiger partial charge in [-0.15, -0.1) is 0 Å². The number of aliphatic hydroxyl groups excluding tert-OH is 2. The van der Waals surface area contributed by atoms with Crippen molar-refractivity contribution in [3.63, 3.8) is 0 Å². The molecule has 0 aromatic carbocycles. The Morgan fingerprint density at radius 3 is 2.23 bits per heavy atom. The number of hydrogen-bond acceptors (Lipinski definition) is 8. The number of carbonyl (C=O) groups is 4. The van der Waals surface area contributed by atoms with E-state index in [1.165, 1.54) is 26.0 Å². The zero-order chi connectivity index (χ0) is 30.4. The molecule has 222 valence electrons. The van der Waals surface area contributed by atoms with E-state index in [0.717, 1.165) is 5.57 Å². The van der Waals surface area contributed by atoms with Crippen molar-refractivity contribution in [2.24, 2.45) is 39.4 Å². The van der Waals surface area contributed by atoms with Gasteiger partial charge in [-0.3, -0.25) is 19.2 Å². The first-order valence-electron chi connectivity index (χ1n) is 14.4. The molecular formula is C32H46O8. The number of aliphatic hydroxyl groups is 3. The Balaban J connectivity index is 1.75. The summed E-state index contributed by atoms with van der Waals surface area (Å²) in [6, 6.07) is 0. The van der Waals surface area contributed by atoms with Gasteiger partial charge in [0.1, 0.15) is 23.1 Å². The molecule has 0 aromatic heterocycles. The van der Waals surface area contributed by atoms with Crippen LogP contribution < -0.4 is 0 Å². The van der Waals surface area contributed by atoms with E-state index in [2.05, 4.69) is 13.0 Å². The van der Waals surface area contributed by atoms with Crippen LogP contribution in [-0.4, -0.2) is 62.0 Å². The smallest absolute Gasteiger partial charge is 0.303 e. The molecule has 3 fully saturated rings. The van der Waals surface area contributed by atoms with Crippen LogP contribution in [0.1, 0.15) is 88.0 Å². The second-order valence-corrected chi connectivity index (χ2v) is 14.8. The Hall–Kier alpha value is -2.16. The fourth-order valence-corrected chi connectivity index (χ4v) is 9.40. The number of allylic oxidation sites excluding steroid dienone is 2. The number of esters is 1. The van der Waals surface area contributed by atoms with Gasteiger partial charge in [-0.2, -0.15) is 0 Å². The second-order valence-electron chi connectivity index (χ2n) is 14.8. The molecule has 8 nitrogen and oxygen atoms in total. The van der Waals surface area contributed by atoms with Gasteiger partial charge in [-0.1, -0.05) is 32.4 Å². The summed E-state index contributed by atoms with van der Waals surface area (Å²) >= 11 is 0. The average Bonchev–Trinajstić information content (AvgIpc) is 3.01. The molecule has 0 saturated heterocycles. The van der Waals surface area contributed by atoms with Crippen LogP contribution in [0.3, 0.4) is 0 Å². The summed E-state index contributed by atoms with van der Waals surface area (Å²) in [5, 5.41) is 34.0. The predicted octanol–water partition coefficient (Wildman–Crippen LogP) is 3.50. The van der Waals surface area contributed by atoms with E-state index in [1.54, 1.807) is 13.8 Å². The van der Waals surface area contributed by atoms with Gasteiger partial charge in [0.15, 0.2) is 11.6 Å². The predicted molar refractivity (Wildman–Crippen MR) is 148 cm³/mol. The van der Waals surface area contributed by atoms with Crippen LogP contribution in [-0.2, 0) is 23.9 Å². The lowest BCUT2D eigenvalue weighted by atomic mass is 9.38. The third kappa shape index (κ3) is 4.11. The van der Waals surface area contributed by atoms with Gasteiger partial charge >= 0.3 is 5.97 Å². The largest absolute Gasteiger partial charge is 0.456 e. The Kier molecular flexibility index (Phi) is 7.06. The molecule has 4 aliphatic carbocycles. The number of ketones is 3. The quantitative estimate of drug-likeness (QED) is 0.265. The molecule has 0 spiro atoms. The highest BCUT2D eigenvalue weighted by Gasteiger charge is 2.74. The van der Waals surface area contributed by atoms with Crippen molar-refractivity contribution in [3.05, 3.63) is 23.8 Å². The first-order chi connectivity index (χ1) is 18.1. The fraction of sp³-hybridized carbons (Fsp3) is 0.750. The molecule has 0 heterocycles. The van der Waals surface area contributed by atoms with Crippen LogP contribution >= 0.6 is 0 Å². The maximum atomic E-state index is 14.3. The molecule has 3 N–H and O–H groups in total. The van der Waals surface area contributed by atoms with E-state index < -0.39 is 62.7 Å². The first kappa shape index (κ1) is 30.8. The zero-order valence-electron chi connectivity index (χ0n) is 25.3. The second kappa shape index (κ2) is 9.17. The SMILES string of the molecule is CC(=O)OC(C)(C)/C=C/C(=O)[C@](C)(O)[C@H]1[C@H](O)C[C@@]2(C)[C@@H]3CC=C4[C@H](C[C@H](O)C(=O)C4(C)C)[C@@]3(C)C(=O)C[C@@]12C. The maximum absolute atomic E-state index is 14.3. The van der Waals surface area contributed by atoms with Gasteiger partial charge < -0.3 is 20.1 Å². The van der Waals surface area contributed by atoms with Gasteiger partial charge in [-0.05, 0) is 88.7 Å². The molecule has 0 radical (unpaired) electrons. The Morgan fingerprint density at radius 1 is 1.05 bits per heavy atom. The molecule has 0 aliphatic heterocycles. The van der Waals surface area contributed by atoms with Crippen molar-refractivity contribution < 1.29 is 39.2 Å². The molecule has 0 bridgehead atoms. The molecule has 4 aliphatic rings. The Bertz CT molecular complexity index is 1210. The minimum atomic E-state index is -1.99. The molecule has 4 rings (SSSR count). The summed E-state index contributed by atoms with van der Waals surface area (Å²) in [4.78, 5) is 52.1. The minimum absolute atomic E-state index is 0.0284. The van der Waals surface area contributed by atoms with E-state index in [1.807, 2.05) is 27.7 Å². The summed E-state index contributed by atoms with van der Waals surface area (Å²) in [5.41, 5.74) is -5.43. The lowest BCUT2D eigenvalue weighted by Gasteiger charge is -2.64. The van der Waals surface area contributed by atoms with Gasteiger partial charge in [0.2, 0.25) is 0 Å². The molecule has 3 saturated carbocycles. The highest BCUT2D eigenvalue weighted by molar-refractivity contribution is 5.98. The minimum Gasteiger partial charge on any atom is -0.456 e. The first-order valence-corrected chi connectivity index (χ1v) is 14.4. The van der Waals surface area contributed by atoms with Crippen molar-refractivity contribution in [1.82, 2.24) is 0 Å². The molecule has 9 atom stereocenters. The van der Waals surface area contributed by atoms with Gasteiger partial charge in [0.05, 0.1) is 6.10 Å². The van der Waals surface area contributed by atoms with Crippen molar-refractivity contribution in [1.29, 1.82) is 0 Å². The average molecular weight is 559 g/mol. The van der Waals surface area contributed by atoms with E-state index in [9.17, 15) is 34.5 Å². The number of rotatable bonds is 5. The lowest BCUT2D eigenvalue weighted by molar-refractivity contribution is -0.183. The molecule has 40 heavy (non-hydrogen) atoms. The van der Waals surface area contributed by atoms with E-state index in [-0.39, 0.29) is 36.2 Å². The summed E-state index contributed by atoms with van der Waals surface area (Å²) in [6.45, 7) is 15.4. The number of Topliss-reactive ketones (excluding diaryl/α,β-unsaturated/α-hetero) is 2. The van der Waals surface area contributed by atoms with Crippen molar-refractivity contribution in [2.45, 2.75) is 111 Å². The molecular weight excluding hydrogens is 512 g/mol. The normalized spacial score (nSPS) is 42.4. The highest BCUT2D eigenvalue weighted by atomic mass is 16.6. The lowest BCUT2D eigenvalue weighted by Crippen LogP contribution is -2.65. The number of hydrogen-bond donors (Lipinski definition) is 3. The molecule has 0 aromatic rings. The highest BCUT2D eigenvalue weighted by Crippen LogP contribution is 2.74. The van der Waals surface area contributed by atoms with Gasteiger partial charge in [0, 0.05) is 30.1 Å². The van der Waals surface area contributed by atoms with Crippen LogP contribution in [0.4, 0.5) is 0 Å². The van der Waals surface area contributed by atoms with Crippen molar-refractivity contribution in [3.8, 4) is 0 Å². The van der Waals surface area contributed by atoms with Crippen molar-refractivity contribution in [2.75, 3.05) is 0 Å². The molecule has 8 heteroatoms. The number of fused-ring (bicyclic) bond motifs is 5. The van der Waals surface area contributed by atoms with Crippen LogP contribution in [0.15, 0.2) is 23.8 Å². The number of carbonyl (C=O) groups excluding carboxylic acids is 4. The Labute approximate surface area is 237 Å². The van der Waals surface area contributed by atoms with Crippen molar-refractivity contribution >= 4 is 23.3 Å². The van der Waals surface area contributed by atoms with Crippen LogP contribution in [0.2, 0.25) is 0 Å². The van der Waals surface area contributed by atoms with Crippen LogP contribution in [0.25, 0.3) is 0 Å². The maximum Gasteiger partial charge on any atom is 0.303 e. The third-order valence-corrected chi connectivity index (χ3v) is 11.5. The summed E-state index contributed by atoms with van der Waals surface area (Å²) in [7, 11) is 0. The standard InChI is InChI=1S/C32H46O8/c1-17(33)40-27(2,3)13-12-23(36)32(9,39)25-21(35)15-29(6)22-11-10-18-19(14-20(34)26(38)28(18,4)5)31(22,8)24(37)16-30(25,29)7/h10,12-13,19-22,25,34-35,39H,11,14-16H2,1-9H3/b13-12+/t19-,20-,21+,22-,25-,29-,30-,31+,32-/m0/s1. The number of ether oxygens (including phenoxy) is 1. The third-order valence-electron chi connectivity index (χ3n) is 11.5. The van der Waals surface area contributed by atoms with E-state index in [0.29, 0.717) is 12.8 Å². The fourth-order valence-electron chi connectivity index (χ4n) is 9.40. The topological polar surface area (TPSA) is 138 Å². The van der Waals surface area contributed by atoms with Gasteiger partial charge in [-0.25, -0.2) is 0 Å². The summed E-state index contributed by atoms with van der Waals surface area (Å²) in [6.07, 6.45) is 3.55. The van der Waals surface area contributed by atoms with E-state index >= 15 is 0 Å². The summed E-state index contributed by atoms with van der Waals surface area (Å²) in [5.74, 6) is -2.85. The van der Waals surface area contributed by atoms with Crippen LogP contribution in [0, 0.1) is 39.4 Å². The van der Waals surface area contributed by atoms with Gasteiger partial charge in [0.25, 0.3) is 0 Å². The molecule has 0 amide bonds. The zero-order valence-corrected chi connectivity index (χ0v) is 25.3. The van der Waals surface area contributed by atoms with Crippen LogP contribution in [0.5, 0.6) is 0 Å². The van der Waals surface area contributed by atoms with E-state index in [4.69, 9.17) is 4.74 Å². The Morgan fingerprint density at radius 2 is 1.65 bits per heavy atom. The molecule has 0 unspecified atom stereocenters. The monoisotopic (exact) mass is 558 g/mol. The summed E-state index contributed by atoms with van der Waals surface area (Å²) < 4.78 is 5.23.